The fraction of sp³-hybridized carbons (Fsp3) is 0.462. The molecule has 2 aromatic heterocycles. The third-order valence-corrected chi connectivity index (χ3v) is 3.28. The van der Waals surface area contributed by atoms with Gasteiger partial charge in [0.1, 0.15) is 0 Å². The number of unbranched alkanes of at least 4 members (excludes halogenated alkanes) is 2. The Morgan fingerprint density at radius 2 is 1.95 bits per heavy atom. The van der Waals surface area contributed by atoms with E-state index in [4.69, 9.17) is 0 Å². The van der Waals surface area contributed by atoms with Gasteiger partial charge >= 0.3 is 5.69 Å². The van der Waals surface area contributed by atoms with Crippen molar-refractivity contribution in [1.29, 1.82) is 0 Å². The molecule has 114 valence electrons. The van der Waals surface area contributed by atoms with E-state index in [9.17, 15) is 20.0 Å². The van der Waals surface area contributed by atoms with Gasteiger partial charge in [0.15, 0.2) is 11.3 Å². The normalized spacial score (nSPS) is 11.1. The van der Waals surface area contributed by atoms with E-state index in [0.29, 0.717) is 15.9 Å². The minimum atomic E-state index is -0.855. The fourth-order valence-electron chi connectivity index (χ4n) is 2.18. The summed E-state index contributed by atoms with van der Waals surface area (Å²) in [4.78, 5) is 28.2. The van der Waals surface area contributed by atoms with Gasteiger partial charge in [0.05, 0.1) is 0 Å². The molecule has 0 fully saturated rings. The van der Waals surface area contributed by atoms with Crippen molar-refractivity contribution in [2.45, 2.75) is 39.2 Å². The van der Waals surface area contributed by atoms with Gasteiger partial charge in [-0.15, -0.1) is 11.3 Å². The molecule has 8 heteroatoms. The molecule has 2 rings (SSSR count). The van der Waals surface area contributed by atoms with E-state index < -0.39 is 11.2 Å². The van der Waals surface area contributed by atoms with Crippen LogP contribution in [0.5, 0.6) is 0 Å². The van der Waals surface area contributed by atoms with Crippen LogP contribution in [-0.2, 0) is 13.0 Å². The average Bonchev–Trinajstić information content (AvgIpc) is 2.78. The van der Waals surface area contributed by atoms with E-state index in [1.54, 1.807) is 0 Å². The molecule has 2 heterocycles. The second-order valence-electron chi connectivity index (χ2n) is 4.76. The summed E-state index contributed by atoms with van der Waals surface area (Å²) in [5.41, 5.74) is -1.99. The van der Waals surface area contributed by atoms with E-state index in [0.717, 1.165) is 17.4 Å². The molecule has 0 saturated heterocycles. The Balaban J connectivity index is 2.67. The van der Waals surface area contributed by atoms with Crippen molar-refractivity contribution in [2.75, 3.05) is 0 Å². The minimum Gasteiger partial charge on any atom is -0.426 e. The topological polar surface area (TPSA) is 102 Å². The number of hydrogen-bond acceptors (Lipinski definition) is 5. The van der Waals surface area contributed by atoms with Gasteiger partial charge in [-0.3, -0.25) is 9.36 Å². The summed E-state index contributed by atoms with van der Waals surface area (Å²) in [7, 11) is 0. The van der Waals surface area contributed by atoms with Crippen LogP contribution < -0.4 is 11.2 Å². The number of fused-ring (bicyclic) bond motifs is 1. The van der Waals surface area contributed by atoms with E-state index in [1.807, 2.05) is 6.92 Å². The lowest BCUT2D eigenvalue weighted by molar-refractivity contribution is 0.172. The van der Waals surface area contributed by atoms with Gasteiger partial charge in [-0.2, -0.15) is 4.73 Å². The number of nitrogens with zero attached hydrogens (tertiary/aromatic N) is 4. The SMILES string of the molecule is C=CCc1nc2c(c(=O)n(CCCCC)c(=O)n2O)n1O. The van der Waals surface area contributed by atoms with Crippen molar-refractivity contribution in [3.63, 3.8) is 0 Å². The highest BCUT2D eigenvalue weighted by atomic mass is 16.5. The molecule has 0 atom stereocenters. The lowest BCUT2D eigenvalue weighted by Gasteiger charge is -2.06. The molecular weight excluding hydrogens is 276 g/mol. The largest absolute Gasteiger partial charge is 0.426 e. The van der Waals surface area contributed by atoms with Gasteiger partial charge in [-0.05, 0) is 6.42 Å². The number of rotatable bonds is 6. The Morgan fingerprint density at radius 3 is 2.57 bits per heavy atom. The minimum absolute atomic E-state index is 0.130. The molecule has 2 N–H and O–H groups in total. The van der Waals surface area contributed by atoms with E-state index in [1.165, 1.54) is 6.08 Å². The lowest BCUT2D eigenvalue weighted by Crippen LogP contribution is -2.40. The number of hydrogen-bond donors (Lipinski definition) is 2. The predicted octanol–water partition coefficient (Wildman–Crippen LogP) is 0.753. The average molecular weight is 294 g/mol. The van der Waals surface area contributed by atoms with Crippen molar-refractivity contribution in [1.82, 2.24) is 19.0 Å². The van der Waals surface area contributed by atoms with Crippen molar-refractivity contribution >= 4 is 11.2 Å². The summed E-state index contributed by atoms with van der Waals surface area (Å²) >= 11 is 0. The van der Waals surface area contributed by atoms with Crippen molar-refractivity contribution in [3.05, 3.63) is 39.3 Å². The molecule has 21 heavy (non-hydrogen) atoms. The van der Waals surface area contributed by atoms with Crippen LogP contribution in [-0.4, -0.2) is 29.4 Å². The number of allylic oxidation sites excluding steroid dienone is 1. The van der Waals surface area contributed by atoms with Crippen molar-refractivity contribution in [3.8, 4) is 0 Å². The van der Waals surface area contributed by atoms with E-state index in [2.05, 4.69) is 11.6 Å². The molecule has 0 aromatic carbocycles. The Labute approximate surface area is 120 Å². The van der Waals surface area contributed by atoms with Crippen LogP contribution in [0.15, 0.2) is 22.2 Å². The first-order valence-electron chi connectivity index (χ1n) is 6.79. The van der Waals surface area contributed by atoms with Crippen LogP contribution in [0.3, 0.4) is 0 Å². The lowest BCUT2D eigenvalue weighted by atomic mass is 10.2. The zero-order valence-electron chi connectivity index (χ0n) is 11.8. The summed E-state index contributed by atoms with van der Waals surface area (Å²) in [5.74, 6) is 0.130. The Kier molecular flexibility index (Phi) is 4.15. The third kappa shape index (κ3) is 2.44. The maximum atomic E-state index is 12.3. The second-order valence-corrected chi connectivity index (χ2v) is 4.76. The molecule has 0 aliphatic rings. The highest BCUT2D eigenvalue weighted by Gasteiger charge is 2.20. The summed E-state index contributed by atoms with van der Waals surface area (Å²) in [6.07, 6.45) is 4.12. The van der Waals surface area contributed by atoms with Crippen LogP contribution in [0, 0.1) is 0 Å². The highest BCUT2D eigenvalue weighted by Crippen LogP contribution is 2.09. The Morgan fingerprint density at radius 1 is 1.24 bits per heavy atom. The second kappa shape index (κ2) is 5.86. The molecule has 0 amide bonds. The highest BCUT2D eigenvalue weighted by molar-refractivity contribution is 5.70. The Bertz CT molecular complexity index is 784. The maximum Gasteiger partial charge on any atom is 0.365 e. The predicted molar refractivity (Wildman–Crippen MR) is 76.0 cm³/mol. The summed E-state index contributed by atoms with van der Waals surface area (Å²) in [6, 6.07) is 0. The third-order valence-electron chi connectivity index (χ3n) is 3.28. The molecule has 0 unspecified atom stereocenters. The van der Waals surface area contributed by atoms with Crippen LogP contribution in [0.25, 0.3) is 11.2 Å². The standard InChI is InChI=1S/C13H18N4O4/c1-3-5-6-8-15-12(18)10-11(17(21)13(15)19)14-9(7-4-2)16(10)20/h4,20-21H,2-3,5-8H2,1H3. The van der Waals surface area contributed by atoms with Gasteiger partial charge in [0.2, 0.25) is 5.65 Å². The number of imidazole rings is 1. The summed E-state index contributed by atoms with van der Waals surface area (Å²) in [6.45, 7) is 5.70. The van der Waals surface area contributed by atoms with Gasteiger partial charge in [0.25, 0.3) is 5.56 Å². The molecule has 8 nitrogen and oxygen atoms in total. The molecule has 2 aromatic rings. The molecule has 0 radical (unpaired) electrons. The molecule has 0 aliphatic carbocycles. The van der Waals surface area contributed by atoms with Gasteiger partial charge in [-0.25, -0.2) is 9.78 Å². The number of aromatic nitrogens is 4. The van der Waals surface area contributed by atoms with Crippen molar-refractivity contribution in [2.24, 2.45) is 0 Å². The van der Waals surface area contributed by atoms with Crippen LogP contribution in [0.2, 0.25) is 0 Å². The van der Waals surface area contributed by atoms with Gasteiger partial charge in [0, 0.05) is 13.0 Å². The first-order chi connectivity index (χ1) is 10.0. The first-order valence-corrected chi connectivity index (χ1v) is 6.79. The van der Waals surface area contributed by atoms with Gasteiger partial charge < -0.3 is 10.4 Å². The van der Waals surface area contributed by atoms with Crippen LogP contribution in [0.1, 0.15) is 32.0 Å². The Hall–Kier alpha value is -2.51. The molecular formula is C13H18N4O4. The molecule has 0 spiro atoms. The van der Waals surface area contributed by atoms with Gasteiger partial charge in [-0.1, -0.05) is 25.8 Å². The van der Waals surface area contributed by atoms with Crippen LogP contribution in [0.4, 0.5) is 0 Å². The fourth-order valence-corrected chi connectivity index (χ4v) is 2.18. The van der Waals surface area contributed by atoms with Crippen molar-refractivity contribution < 1.29 is 10.4 Å². The quantitative estimate of drug-likeness (QED) is 0.465. The molecule has 0 saturated carbocycles. The molecule has 0 bridgehead atoms. The smallest absolute Gasteiger partial charge is 0.365 e. The monoisotopic (exact) mass is 294 g/mol. The molecule has 0 aliphatic heterocycles. The summed E-state index contributed by atoms with van der Waals surface area (Å²) in [5, 5.41) is 19.8. The zero-order chi connectivity index (χ0) is 15.6. The van der Waals surface area contributed by atoms with E-state index in [-0.39, 0.29) is 30.0 Å². The first kappa shape index (κ1) is 14.9. The van der Waals surface area contributed by atoms with E-state index >= 15 is 0 Å². The maximum absolute atomic E-state index is 12.3. The van der Waals surface area contributed by atoms with Crippen LogP contribution >= 0.6 is 0 Å². The summed E-state index contributed by atoms with van der Waals surface area (Å²) < 4.78 is 1.80. The zero-order valence-corrected chi connectivity index (χ0v) is 11.8.